The lowest BCUT2D eigenvalue weighted by molar-refractivity contribution is -0.940. The van der Waals surface area contributed by atoms with Gasteiger partial charge < -0.3 is 20.7 Å². The number of amides is 2. The highest BCUT2D eigenvalue weighted by Crippen LogP contribution is 2.46. The molecule has 4 saturated heterocycles. The monoisotopic (exact) mass is 423 g/mol. The van der Waals surface area contributed by atoms with E-state index in [1.807, 2.05) is 20.8 Å². The minimum atomic E-state index is -0.644. The number of fused-ring (bicyclic) bond motifs is 4. The summed E-state index contributed by atoms with van der Waals surface area (Å²) in [5.74, 6) is -0.181. The number of hydrogen-bond acceptors (Lipinski definition) is 6. The molecule has 0 aliphatic carbocycles. The van der Waals surface area contributed by atoms with E-state index in [4.69, 9.17) is 16.2 Å². The molecule has 29 heavy (non-hydrogen) atoms. The third-order valence-electron chi connectivity index (χ3n) is 6.92. The Morgan fingerprint density at radius 1 is 1.24 bits per heavy atom. The van der Waals surface area contributed by atoms with E-state index in [1.165, 1.54) is 0 Å². The molecule has 0 aromatic rings. The first-order chi connectivity index (χ1) is 13.5. The third kappa shape index (κ3) is 3.37. The van der Waals surface area contributed by atoms with Crippen molar-refractivity contribution in [1.29, 1.82) is 0 Å². The number of carbonyl (C=O) groups is 3. The van der Waals surface area contributed by atoms with Gasteiger partial charge in [-0.05, 0) is 20.8 Å². The molecule has 5 rings (SSSR count). The SMILES string of the molecule is CC(C)(C)OC(=O)C1=C(C[N+]23CCC(C(N)=O)(CC2)CC3)CS[C@@H]2[C@H](N)C(=O)N12. The Hall–Kier alpha value is -1.58. The third-order valence-corrected chi connectivity index (χ3v) is 8.28. The quantitative estimate of drug-likeness (QED) is 0.382. The molecule has 2 atom stereocenters. The van der Waals surface area contributed by atoms with Crippen LogP contribution in [0.1, 0.15) is 40.0 Å². The number of carbonyl (C=O) groups excluding carboxylic acids is 3. The molecule has 2 amide bonds. The second kappa shape index (κ2) is 6.72. The van der Waals surface area contributed by atoms with Crippen LogP contribution in [0.5, 0.6) is 0 Å². The number of hydrogen-bond donors (Lipinski definition) is 2. The summed E-state index contributed by atoms with van der Waals surface area (Å²) in [5.41, 5.74) is 12.0. The van der Waals surface area contributed by atoms with Crippen LogP contribution in [-0.4, -0.2) is 76.1 Å². The average molecular weight is 424 g/mol. The number of ether oxygens (including phenoxy) is 1. The number of primary amides is 1. The Labute approximate surface area is 175 Å². The second-order valence-electron chi connectivity index (χ2n) is 9.95. The van der Waals surface area contributed by atoms with Crippen LogP contribution < -0.4 is 11.5 Å². The highest BCUT2D eigenvalue weighted by Gasteiger charge is 2.56. The van der Waals surface area contributed by atoms with Crippen LogP contribution >= 0.6 is 11.8 Å². The van der Waals surface area contributed by atoms with Crippen molar-refractivity contribution in [1.82, 2.24) is 4.90 Å². The fraction of sp³-hybridized carbons (Fsp3) is 0.750. The van der Waals surface area contributed by atoms with Crippen LogP contribution in [0, 0.1) is 5.41 Å². The minimum Gasteiger partial charge on any atom is -0.455 e. The van der Waals surface area contributed by atoms with Gasteiger partial charge in [0.05, 0.1) is 25.0 Å². The molecule has 0 spiro atoms. The molecule has 4 N–H and O–H groups in total. The Bertz CT molecular complexity index is 778. The summed E-state index contributed by atoms with van der Waals surface area (Å²) < 4.78 is 6.49. The molecule has 0 aromatic heterocycles. The molecule has 0 aromatic carbocycles. The Morgan fingerprint density at radius 2 is 1.83 bits per heavy atom. The Kier molecular flexibility index (Phi) is 4.79. The van der Waals surface area contributed by atoms with Gasteiger partial charge in [-0.1, -0.05) is 0 Å². The van der Waals surface area contributed by atoms with Crippen molar-refractivity contribution in [2.75, 3.05) is 31.9 Å². The van der Waals surface area contributed by atoms with Gasteiger partial charge in [0.2, 0.25) is 11.8 Å². The lowest BCUT2D eigenvalue weighted by Gasteiger charge is -2.55. The molecule has 160 valence electrons. The van der Waals surface area contributed by atoms with Gasteiger partial charge in [0.25, 0.3) is 0 Å². The van der Waals surface area contributed by atoms with E-state index >= 15 is 0 Å². The maximum absolute atomic E-state index is 13.1. The summed E-state index contributed by atoms with van der Waals surface area (Å²) in [4.78, 5) is 39.0. The predicted molar refractivity (Wildman–Crippen MR) is 109 cm³/mol. The fourth-order valence-corrected chi connectivity index (χ4v) is 6.37. The highest BCUT2D eigenvalue weighted by molar-refractivity contribution is 8.00. The molecule has 2 bridgehead atoms. The zero-order valence-corrected chi connectivity index (χ0v) is 18.2. The molecule has 8 nitrogen and oxygen atoms in total. The van der Waals surface area contributed by atoms with Crippen molar-refractivity contribution in [3.05, 3.63) is 11.3 Å². The fourth-order valence-electron chi connectivity index (χ4n) is 5.09. The largest absolute Gasteiger partial charge is 0.455 e. The van der Waals surface area contributed by atoms with Crippen molar-refractivity contribution in [3.63, 3.8) is 0 Å². The van der Waals surface area contributed by atoms with Crippen molar-refractivity contribution >= 4 is 29.5 Å². The van der Waals surface area contributed by atoms with Crippen LogP contribution in [0.2, 0.25) is 0 Å². The van der Waals surface area contributed by atoms with E-state index in [9.17, 15) is 14.4 Å². The molecule has 0 saturated carbocycles. The molecular weight excluding hydrogens is 392 g/mol. The number of nitrogens with zero attached hydrogens (tertiary/aromatic N) is 2. The lowest BCUT2D eigenvalue weighted by Crippen LogP contribution is -2.69. The van der Waals surface area contributed by atoms with E-state index in [0.717, 1.165) is 49.0 Å². The van der Waals surface area contributed by atoms with E-state index in [1.54, 1.807) is 16.7 Å². The molecule has 5 aliphatic heterocycles. The van der Waals surface area contributed by atoms with Crippen molar-refractivity contribution in [3.8, 4) is 0 Å². The average Bonchev–Trinajstić information content (AvgIpc) is 2.66. The number of nitrogens with two attached hydrogens (primary N) is 2. The van der Waals surface area contributed by atoms with Crippen molar-refractivity contribution in [2.24, 2.45) is 16.9 Å². The zero-order valence-electron chi connectivity index (χ0n) is 17.4. The topological polar surface area (TPSA) is 116 Å². The first kappa shape index (κ1) is 20.7. The number of rotatable bonds is 4. The molecule has 0 unspecified atom stereocenters. The summed E-state index contributed by atoms with van der Waals surface area (Å²) in [6, 6.07) is -0.563. The molecule has 4 fully saturated rings. The van der Waals surface area contributed by atoms with Gasteiger partial charge in [-0.15, -0.1) is 11.8 Å². The van der Waals surface area contributed by atoms with Crippen LogP contribution in [-0.2, 0) is 19.1 Å². The van der Waals surface area contributed by atoms with Crippen molar-refractivity contribution < 1.29 is 23.6 Å². The van der Waals surface area contributed by atoms with Gasteiger partial charge >= 0.3 is 5.97 Å². The van der Waals surface area contributed by atoms with Crippen molar-refractivity contribution in [2.45, 2.75) is 57.1 Å². The molecule has 0 radical (unpaired) electrons. The van der Waals surface area contributed by atoms with Gasteiger partial charge in [-0.25, -0.2) is 4.79 Å². The summed E-state index contributed by atoms with van der Waals surface area (Å²) in [6.07, 6.45) is 2.38. The second-order valence-corrected chi connectivity index (χ2v) is 11.1. The maximum Gasteiger partial charge on any atom is 0.355 e. The smallest absolute Gasteiger partial charge is 0.355 e. The summed E-state index contributed by atoms with van der Waals surface area (Å²) in [7, 11) is 0. The Morgan fingerprint density at radius 3 is 2.34 bits per heavy atom. The first-order valence-electron chi connectivity index (χ1n) is 10.3. The van der Waals surface area contributed by atoms with Gasteiger partial charge in [0.15, 0.2) is 0 Å². The van der Waals surface area contributed by atoms with Gasteiger partial charge in [-0.2, -0.15) is 0 Å². The molecule has 5 heterocycles. The van der Waals surface area contributed by atoms with Gasteiger partial charge in [0, 0.05) is 30.6 Å². The van der Waals surface area contributed by atoms with Crippen LogP contribution in [0.15, 0.2) is 11.3 Å². The summed E-state index contributed by atoms with van der Waals surface area (Å²) in [5, 5.41) is -0.195. The summed E-state index contributed by atoms with van der Waals surface area (Å²) in [6.45, 7) is 8.78. The molecule has 9 heteroatoms. The summed E-state index contributed by atoms with van der Waals surface area (Å²) >= 11 is 1.62. The predicted octanol–water partition coefficient (Wildman–Crippen LogP) is 0.311. The van der Waals surface area contributed by atoms with Crippen LogP contribution in [0.3, 0.4) is 0 Å². The lowest BCUT2D eigenvalue weighted by atomic mass is 9.70. The maximum atomic E-state index is 13.1. The van der Waals surface area contributed by atoms with E-state index in [0.29, 0.717) is 18.0 Å². The standard InChI is InChI=1S/C20H30N4O4S/c1-19(2,3)28-17(26)14-12(11-29-16-13(21)15(25)23(14)16)10-24-7-4-20(5-8-24,6-9-24)18(22)27/h13,16H,4-11,21H2,1-3H3,(H-,22,27)/p+1/t13-,16-,20?,24?/m1/s1. The normalized spacial score (nSPS) is 36.6. The number of β-lactam (4-membered cyclic amide) rings is 1. The van der Waals surface area contributed by atoms with Gasteiger partial charge in [0.1, 0.15) is 29.3 Å². The number of quaternary nitrogens is 1. The zero-order chi connectivity index (χ0) is 21.2. The van der Waals surface area contributed by atoms with E-state index in [-0.39, 0.29) is 22.6 Å². The Balaban J connectivity index is 1.62. The molecule has 5 aliphatic rings. The minimum absolute atomic E-state index is 0.181. The van der Waals surface area contributed by atoms with Gasteiger partial charge in [-0.3, -0.25) is 14.5 Å². The van der Waals surface area contributed by atoms with E-state index < -0.39 is 17.6 Å². The highest BCUT2D eigenvalue weighted by atomic mass is 32.2. The van der Waals surface area contributed by atoms with Crippen LogP contribution in [0.25, 0.3) is 0 Å². The number of piperidine rings is 3. The number of thioether (sulfide) groups is 1. The number of esters is 1. The molecular formula is C20H31N4O4S+. The first-order valence-corrected chi connectivity index (χ1v) is 11.3. The van der Waals surface area contributed by atoms with Crippen LogP contribution in [0.4, 0.5) is 0 Å². The van der Waals surface area contributed by atoms with E-state index in [2.05, 4.69) is 0 Å².